The molecule has 2 N–H and O–H groups in total. The summed E-state index contributed by atoms with van der Waals surface area (Å²) in [4.78, 5) is 11.0. The van der Waals surface area contributed by atoms with Gasteiger partial charge in [0.1, 0.15) is 5.69 Å². The van der Waals surface area contributed by atoms with Gasteiger partial charge in [0.15, 0.2) is 0 Å². The molecule has 4 nitrogen and oxygen atoms in total. The Balaban J connectivity index is 0.00000106. The van der Waals surface area contributed by atoms with E-state index in [1.165, 1.54) is 6.07 Å². The average molecular weight is 238 g/mol. The van der Waals surface area contributed by atoms with Gasteiger partial charge in [-0.05, 0) is 24.3 Å². The molecule has 0 saturated carbocycles. The zero-order valence-corrected chi connectivity index (χ0v) is 9.87. The third kappa shape index (κ3) is 4.24. The number of anilines is 1. The maximum Gasteiger partial charge on any atom is 0.293 e. The lowest BCUT2D eigenvalue weighted by molar-refractivity contribution is -0.384. The third-order valence-corrected chi connectivity index (χ3v) is 2.87. The van der Waals surface area contributed by atoms with Crippen molar-refractivity contribution in [3.63, 3.8) is 0 Å². The lowest BCUT2D eigenvalue weighted by atomic mass is 10.3. The minimum atomic E-state index is -0.453. The maximum absolute atomic E-state index is 10.6. The van der Waals surface area contributed by atoms with Gasteiger partial charge in [-0.2, -0.15) is 0 Å². The highest BCUT2D eigenvalue weighted by atomic mass is 32.2. The summed E-state index contributed by atoms with van der Waals surface area (Å²) in [6, 6.07) is 4.91. The average Bonchev–Trinajstić information content (AvgIpc) is 2.30. The highest BCUT2D eigenvalue weighted by Crippen LogP contribution is 2.28. The molecule has 0 radical (unpaired) electrons. The molecule has 0 atom stereocenters. The highest BCUT2D eigenvalue weighted by Gasteiger charge is 2.11. The third-order valence-electron chi connectivity index (χ3n) is 1.67. The van der Waals surface area contributed by atoms with E-state index in [2.05, 4.69) is 19.8 Å². The van der Waals surface area contributed by atoms with Crippen molar-refractivity contribution >= 4 is 23.1 Å². The predicted molar refractivity (Wildman–Crippen MR) is 68.4 cm³/mol. The smallest absolute Gasteiger partial charge is 0.293 e. The molecule has 0 aliphatic rings. The zero-order chi connectivity index (χ0) is 12.6. The molecular formula is C11H14N2O2S. The highest BCUT2D eigenvalue weighted by molar-refractivity contribution is 7.99. The molecule has 0 aliphatic carbocycles. The number of nitro groups is 1. The van der Waals surface area contributed by atoms with E-state index in [4.69, 9.17) is 5.73 Å². The number of nitrogen functional groups attached to an aromatic ring is 1. The fourth-order valence-electron chi connectivity index (χ4n) is 0.991. The molecule has 0 unspecified atom stereocenters. The molecule has 0 saturated heterocycles. The van der Waals surface area contributed by atoms with Crippen molar-refractivity contribution in [1.82, 2.24) is 0 Å². The fraction of sp³-hybridized carbons (Fsp3) is 0.273. The largest absolute Gasteiger partial charge is 0.393 e. The molecular weight excluding hydrogens is 224 g/mol. The summed E-state index contributed by atoms with van der Waals surface area (Å²) in [7, 11) is 0. The number of nitrogens with zero attached hydrogens (tertiary/aromatic N) is 1. The van der Waals surface area contributed by atoms with Gasteiger partial charge in [0, 0.05) is 11.0 Å². The molecule has 1 aromatic carbocycles. The Kier molecular flexibility index (Phi) is 6.81. The van der Waals surface area contributed by atoms with Crippen LogP contribution < -0.4 is 5.73 Å². The van der Waals surface area contributed by atoms with E-state index >= 15 is 0 Å². The van der Waals surface area contributed by atoms with E-state index in [-0.39, 0.29) is 11.4 Å². The lowest BCUT2D eigenvalue weighted by Crippen LogP contribution is -1.95. The monoisotopic (exact) mass is 238 g/mol. The number of thioether (sulfide) groups is 1. The van der Waals surface area contributed by atoms with E-state index in [1.54, 1.807) is 17.8 Å². The van der Waals surface area contributed by atoms with Crippen LogP contribution >= 0.6 is 11.8 Å². The normalized spacial score (nSPS) is 8.94. The SMILES string of the molecule is C#C.CCCSc1ccc(N)c([N+](=O)[O-])c1. The second-order valence-corrected chi connectivity index (χ2v) is 3.99. The first-order valence-electron chi connectivity index (χ1n) is 4.65. The van der Waals surface area contributed by atoms with Gasteiger partial charge in [0.2, 0.25) is 0 Å². The number of hydrogen-bond donors (Lipinski definition) is 1. The molecule has 5 heteroatoms. The Hall–Kier alpha value is -1.67. The Morgan fingerprint density at radius 1 is 1.50 bits per heavy atom. The van der Waals surface area contributed by atoms with Gasteiger partial charge in [-0.25, -0.2) is 0 Å². The van der Waals surface area contributed by atoms with E-state index in [0.29, 0.717) is 0 Å². The molecule has 16 heavy (non-hydrogen) atoms. The molecule has 86 valence electrons. The Morgan fingerprint density at radius 2 is 2.12 bits per heavy atom. The summed E-state index contributed by atoms with van der Waals surface area (Å²) < 4.78 is 0. The van der Waals surface area contributed by atoms with Crippen molar-refractivity contribution in [3.8, 4) is 12.8 Å². The second-order valence-electron chi connectivity index (χ2n) is 2.83. The van der Waals surface area contributed by atoms with Crippen molar-refractivity contribution in [2.75, 3.05) is 11.5 Å². The van der Waals surface area contributed by atoms with Gasteiger partial charge in [-0.1, -0.05) is 6.92 Å². The molecule has 1 aromatic rings. The standard InChI is InChI=1S/C9H12N2O2S.C2H2/c1-2-5-14-7-3-4-8(10)9(6-7)11(12)13;1-2/h3-4,6H,2,5,10H2,1H3;1-2H. The summed E-state index contributed by atoms with van der Waals surface area (Å²) in [6.45, 7) is 2.07. The first kappa shape index (κ1) is 14.3. The quantitative estimate of drug-likeness (QED) is 0.288. The number of terminal acetylenes is 1. The van der Waals surface area contributed by atoms with Gasteiger partial charge in [0.25, 0.3) is 5.69 Å². The van der Waals surface area contributed by atoms with Crippen molar-refractivity contribution in [3.05, 3.63) is 28.3 Å². The van der Waals surface area contributed by atoms with Crippen LogP contribution in [0.15, 0.2) is 23.1 Å². The summed E-state index contributed by atoms with van der Waals surface area (Å²) in [5.74, 6) is 0.959. The molecule has 0 spiro atoms. The van der Waals surface area contributed by atoms with Crippen LogP contribution in [0.25, 0.3) is 0 Å². The van der Waals surface area contributed by atoms with E-state index < -0.39 is 4.92 Å². The van der Waals surface area contributed by atoms with Gasteiger partial charge >= 0.3 is 0 Å². The van der Waals surface area contributed by atoms with E-state index in [0.717, 1.165) is 17.1 Å². The first-order chi connectivity index (χ1) is 7.65. The summed E-state index contributed by atoms with van der Waals surface area (Å²) in [5, 5.41) is 10.6. The summed E-state index contributed by atoms with van der Waals surface area (Å²) in [5.41, 5.74) is 5.68. The molecule has 0 amide bonds. The van der Waals surface area contributed by atoms with Crippen molar-refractivity contribution in [2.24, 2.45) is 0 Å². The molecule has 1 rings (SSSR count). The second kappa shape index (κ2) is 7.60. The first-order valence-corrected chi connectivity index (χ1v) is 5.63. The summed E-state index contributed by atoms with van der Waals surface area (Å²) in [6.07, 6.45) is 9.04. The summed E-state index contributed by atoms with van der Waals surface area (Å²) >= 11 is 1.60. The molecule has 0 heterocycles. The van der Waals surface area contributed by atoms with Crippen LogP contribution in [0.1, 0.15) is 13.3 Å². The van der Waals surface area contributed by atoms with Crippen molar-refractivity contribution < 1.29 is 4.92 Å². The van der Waals surface area contributed by atoms with Crippen LogP contribution in [0.5, 0.6) is 0 Å². The van der Waals surface area contributed by atoms with Gasteiger partial charge in [0.05, 0.1) is 4.92 Å². The van der Waals surface area contributed by atoms with Gasteiger partial charge in [-0.15, -0.1) is 24.6 Å². The van der Waals surface area contributed by atoms with Crippen LogP contribution in [-0.4, -0.2) is 10.7 Å². The number of hydrogen-bond acceptors (Lipinski definition) is 4. The molecule has 0 fully saturated rings. The van der Waals surface area contributed by atoms with Gasteiger partial charge < -0.3 is 5.73 Å². The minimum Gasteiger partial charge on any atom is -0.393 e. The van der Waals surface area contributed by atoms with E-state index in [1.807, 2.05) is 6.07 Å². The molecule has 0 bridgehead atoms. The van der Waals surface area contributed by atoms with Crippen molar-refractivity contribution in [2.45, 2.75) is 18.2 Å². The molecule has 0 aliphatic heterocycles. The number of benzene rings is 1. The number of rotatable bonds is 4. The van der Waals surface area contributed by atoms with Crippen LogP contribution in [-0.2, 0) is 0 Å². The number of nitro benzene ring substituents is 1. The minimum absolute atomic E-state index is 0.00824. The fourth-order valence-corrected chi connectivity index (χ4v) is 1.79. The van der Waals surface area contributed by atoms with Crippen LogP contribution in [0.4, 0.5) is 11.4 Å². The van der Waals surface area contributed by atoms with Crippen LogP contribution in [0.2, 0.25) is 0 Å². The van der Waals surface area contributed by atoms with Crippen LogP contribution in [0, 0.1) is 23.0 Å². The Labute approximate surface area is 99.4 Å². The lowest BCUT2D eigenvalue weighted by Gasteiger charge is -2.01. The van der Waals surface area contributed by atoms with Crippen molar-refractivity contribution in [1.29, 1.82) is 0 Å². The Bertz CT molecular complexity index is 377. The number of nitrogens with two attached hydrogens (primary N) is 1. The van der Waals surface area contributed by atoms with Crippen LogP contribution in [0.3, 0.4) is 0 Å². The maximum atomic E-state index is 10.6. The Morgan fingerprint density at radius 3 is 2.62 bits per heavy atom. The zero-order valence-electron chi connectivity index (χ0n) is 9.05. The molecule has 0 aromatic heterocycles. The van der Waals surface area contributed by atoms with Gasteiger partial charge in [-0.3, -0.25) is 10.1 Å². The predicted octanol–water partition coefficient (Wildman–Crippen LogP) is 2.93. The topological polar surface area (TPSA) is 69.2 Å². The van der Waals surface area contributed by atoms with E-state index in [9.17, 15) is 10.1 Å².